The second kappa shape index (κ2) is 6.83. The third-order valence-corrected chi connectivity index (χ3v) is 5.49. The molecule has 2 aromatic heterocycles. The maximum absolute atomic E-state index is 14.5. The van der Waals surface area contributed by atoms with Crippen molar-refractivity contribution in [3.63, 3.8) is 0 Å². The van der Waals surface area contributed by atoms with Gasteiger partial charge in [-0.2, -0.15) is 5.10 Å². The molecule has 1 atom stereocenters. The van der Waals surface area contributed by atoms with Crippen molar-refractivity contribution in [2.45, 2.75) is 45.8 Å². The highest BCUT2D eigenvalue weighted by Gasteiger charge is 2.30. The highest BCUT2D eigenvalue weighted by Crippen LogP contribution is 2.30. The number of pyridine rings is 1. The summed E-state index contributed by atoms with van der Waals surface area (Å²) >= 11 is 0. The number of piperazine rings is 1. The van der Waals surface area contributed by atoms with E-state index in [9.17, 15) is 9.50 Å². The Morgan fingerprint density at radius 1 is 1.32 bits per heavy atom. The SMILES string of the molecule is Cc1n[nH]c2nc(-c3ccc(O)cc3F)cc(CN3CC(C)(C)NC[C@@H]3C)c12. The van der Waals surface area contributed by atoms with E-state index in [0.717, 1.165) is 42.3 Å². The molecule has 3 aromatic rings. The summed E-state index contributed by atoms with van der Waals surface area (Å²) in [5, 5.41) is 21.4. The number of rotatable bonds is 3. The van der Waals surface area contributed by atoms with Crippen molar-refractivity contribution in [3.8, 4) is 17.0 Å². The first kappa shape index (κ1) is 18.8. The number of hydrogen-bond acceptors (Lipinski definition) is 5. The minimum absolute atomic E-state index is 0.0377. The minimum atomic E-state index is -0.495. The van der Waals surface area contributed by atoms with E-state index in [4.69, 9.17) is 0 Å². The van der Waals surface area contributed by atoms with Crippen LogP contribution in [0.5, 0.6) is 5.75 Å². The van der Waals surface area contributed by atoms with Crippen molar-refractivity contribution in [1.82, 2.24) is 25.4 Å². The molecule has 4 rings (SSSR count). The molecule has 1 aliphatic heterocycles. The van der Waals surface area contributed by atoms with Gasteiger partial charge < -0.3 is 10.4 Å². The largest absolute Gasteiger partial charge is 0.508 e. The Morgan fingerprint density at radius 2 is 2.11 bits per heavy atom. The number of H-pyrrole nitrogens is 1. The number of aryl methyl sites for hydroxylation is 1. The molecule has 0 unspecified atom stereocenters. The number of aromatic amines is 1. The molecule has 1 fully saturated rings. The summed E-state index contributed by atoms with van der Waals surface area (Å²) in [7, 11) is 0. The summed E-state index contributed by atoms with van der Waals surface area (Å²) < 4.78 is 14.5. The molecule has 3 N–H and O–H groups in total. The van der Waals surface area contributed by atoms with Gasteiger partial charge in [-0.05, 0) is 51.5 Å². The van der Waals surface area contributed by atoms with E-state index in [-0.39, 0.29) is 11.3 Å². The van der Waals surface area contributed by atoms with Crippen LogP contribution in [-0.2, 0) is 6.54 Å². The van der Waals surface area contributed by atoms with Crippen LogP contribution in [0, 0.1) is 12.7 Å². The van der Waals surface area contributed by atoms with E-state index in [1.54, 1.807) is 6.07 Å². The lowest BCUT2D eigenvalue weighted by molar-refractivity contribution is 0.0982. The number of fused-ring (bicyclic) bond motifs is 1. The topological polar surface area (TPSA) is 77.1 Å². The van der Waals surface area contributed by atoms with Crippen molar-refractivity contribution >= 4 is 11.0 Å². The minimum Gasteiger partial charge on any atom is -0.508 e. The number of nitrogens with one attached hydrogen (secondary N) is 2. The van der Waals surface area contributed by atoms with Gasteiger partial charge in [0.15, 0.2) is 5.65 Å². The quantitative estimate of drug-likeness (QED) is 0.647. The molecule has 6 nitrogen and oxygen atoms in total. The molecular formula is C21H26FN5O. The molecule has 1 aromatic carbocycles. The monoisotopic (exact) mass is 383 g/mol. The van der Waals surface area contributed by atoms with Gasteiger partial charge >= 0.3 is 0 Å². The molecule has 1 saturated heterocycles. The fraction of sp³-hybridized carbons (Fsp3) is 0.429. The molecule has 7 heteroatoms. The lowest BCUT2D eigenvalue weighted by Crippen LogP contribution is -2.60. The molecule has 0 bridgehead atoms. The summed E-state index contributed by atoms with van der Waals surface area (Å²) in [6.07, 6.45) is 0. The Bertz CT molecular complexity index is 1030. The van der Waals surface area contributed by atoms with Crippen molar-refractivity contribution < 1.29 is 9.50 Å². The third kappa shape index (κ3) is 3.47. The van der Waals surface area contributed by atoms with Crippen molar-refractivity contribution in [2.75, 3.05) is 13.1 Å². The lowest BCUT2D eigenvalue weighted by atomic mass is 9.97. The first-order valence-electron chi connectivity index (χ1n) is 9.56. The fourth-order valence-corrected chi connectivity index (χ4v) is 3.95. The average Bonchev–Trinajstić information content (AvgIpc) is 2.99. The van der Waals surface area contributed by atoms with Crippen LogP contribution in [0.4, 0.5) is 4.39 Å². The Hall–Kier alpha value is -2.51. The highest BCUT2D eigenvalue weighted by molar-refractivity contribution is 5.84. The number of benzene rings is 1. The predicted octanol–water partition coefficient (Wildman–Crippen LogP) is 3.35. The second-order valence-corrected chi connectivity index (χ2v) is 8.38. The number of phenolic OH excluding ortho intramolecular Hbond substituents is 1. The first-order chi connectivity index (χ1) is 13.2. The molecule has 28 heavy (non-hydrogen) atoms. The zero-order chi connectivity index (χ0) is 20.1. The molecule has 1 aliphatic rings. The van der Waals surface area contributed by atoms with Crippen LogP contribution in [0.25, 0.3) is 22.3 Å². The third-order valence-electron chi connectivity index (χ3n) is 5.49. The van der Waals surface area contributed by atoms with Gasteiger partial charge in [0.25, 0.3) is 0 Å². The van der Waals surface area contributed by atoms with E-state index in [1.165, 1.54) is 6.07 Å². The van der Waals surface area contributed by atoms with Gasteiger partial charge in [0.05, 0.1) is 11.4 Å². The van der Waals surface area contributed by atoms with Gasteiger partial charge in [-0.3, -0.25) is 10.00 Å². The van der Waals surface area contributed by atoms with Gasteiger partial charge in [-0.15, -0.1) is 0 Å². The number of halogens is 1. The maximum atomic E-state index is 14.5. The molecule has 148 valence electrons. The number of hydrogen-bond donors (Lipinski definition) is 3. The van der Waals surface area contributed by atoms with E-state index in [0.29, 0.717) is 22.9 Å². The first-order valence-corrected chi connectivity index (χ1v) is 9.56. The van der Waals surface area contributed by atoms with Crippen LogP contribution in [0.3, 0.4) is 0 Å². The lowest BCUT2D eigenvalue weighted by Gasteiger charge is -2.43. The van der Waals surface area contributed by atoms with E-state index < -0.39 is 5.82 Å². The van der Waals surface area contributed by atoms with Gasteiger partial charge in [-0.1, -0.05) is 0 Å². The zero-order valence-electron chi connectivity index (χ0n) is 16.7. The summed E-state index contributed by atoms with van der Waals surface area (Å²) in [6, 6.07) is 6.48. The smallest absolute Gasteiger partial charge is 0.156 e. The van der Waals surface area contributed by atoms with E-state index >= 15 is 0 Å². The van der Waals surface area contributed by atoms with Crippen LogP contribution < -0.4 is 5.32 Å². The molecular weight excluding hydrogens is 357 g/mol. The number of aromatic nitrogens is 3. The van der Waals surface area contributed by atoms with Gasteiger partial charge in [-0.25, -0.2) is 9.37 Å². The van der Waals surface area contributed by atoms with Crippen molar-refractivity contribution in [3.05, 3.63) is 41.3 Å². The van der Waals surface area contributed by atoms with Crippen LogP contribution in [0.15, 0.2) is 24.3 Å². The molecule has 0 saturated carbocycles. The zero-order valence-corrected chi connectivity index (χ0v) is 16.7. The van der Waals surface area contributed by atoms with Crippen molar-refractivity contribution in [2.24, 2.45) is 0 Å². The molecule has 0 amide bonds. The Balaban J connectivity index is 1.79. The molecule has 0 aliphatic carbocycles. The molecule has 0 radical (unpaired) electrons. The van der Waals surface area contributed by atoms with Gasteiger partial charge in [0.1, 0.15) is 11.6 Å². The predicted molar refractivity (Wildman–Crippen MR) is 108 cm³/mol. The van der Waals surface area contributed by atoms with Crippen LogP contribution in [0.2, 0.25) is 0 Å². The Morgan fingerprint density at radius 3 is 2.86 bits per heavy atom. The Kier molecular flexibility index (Phi) is 4.59. The number of phenols is 1. The number of aromatic hydroxyl groups is 1. The van der Waals surface area contributed by atoms with Crippen LogP contribution in [0.1, 0.15) is 32.0 Å². The molecule has 0 spiro atoms. The standard InChI is InChI=1S/C21H26FN5O/c1-12-9-23-21(3,4)11-27(12)10-14-7-18(16-6-5-15(28)8-17(16)22)24-20-19(14)13(2)25-26-20/h5-8,12,23,28H,9-11H2,1-4H3,(H,24,25,26)/t12-/m0/s1. The highest BCUT2D eigenvalue weighted by atomic mass is 19.1. The van der Waals surface area contributed by atoms with Gasteiger partial charge in [0, 0.05) is 48.2 Å². The fourth-order valence-electron chi connectivity index (χ4n) is 3.95. The van der Waals surface area contributed by atoms with E-state index in [1.807, 2.05) is 13.0 Å². The summed E-state index contributed by atoms with van der Waals surface area (Å²) in [4.78, 5) is 7.03. The molecule has 3 heterocycles. The summed E-state index contributed by atoms with van der Waals surface area (Å²) in [5.74, 6) is -0.595. The van der Waals surface area contributed by atoms with E-state index in [2.05, 4.69) is 46.2 Å². The van der Waals surface area contributed by atoms with Crippen molar-refractivity contribution in [1.29, 1.82) is 0 Å². The maximum Gasteiger partial charge on any atom is 0.156 e. The second-order valence-electron chi connectivity index (χ2n) is 8.38. The normalized spacial score (nSPS) is 20.0. The average molecular weight is 383 g/mol. The number of nitrogens with zero attached hydrogens (tertiary/aromatic N) is 3. The van der Waals surface area contributed by atoms with Crippen LogP contribution in [-0.4, -0.2) is 49.9 Å². The van der Waals surface area contributed by atoms with Crippen LogP contribution >= 0.6 is 0 Å². The summed E-state index contributed by atoms with van der Waals surface area (Å²) in [6.45, 7) is 11.1. The van der Waals surface area contributed by atoms with Gasteiger partial charge in [0.2, 0.25) is 0 Å². The Labute approximate surface area is 163 Å². The summed E-state index contributed by atoms with van der Waals surface area (Å²) in [5.41, 5.74) is 3.54.